The van der Waals surface area contributed by atoms with Crippen molar-refractivity contribution in [2.45, 2.75) is 33.2 Å². The molecule has 3 nitrogen and oxygen atoms in total. The van der Waals surface area contributed by atoms with Gasteiger partial charge in [-0.1, -0.05) is 13.8 Å². The molecule has 0 aromatic carbocycles. The fourth-order valence-electron chi connectivity index (χ4n) is 0.645. The molecule has 0 unspecified atom stereocenters. The molecule has 0 spiro atoms. The summed E-state index contributed by atoms with van der Waals surface area (Å²) >= 11 is 0. The van der Waals surface area contributed by atoms with Crippen molar-refractivity contribution in [1.82, 2.24) is 5.32 Å². The molecule has 0 aromatic heterocycles. The Bertz CT molecular complexity index is 121. The van der Waals surface area contributed by atoms with Crippen LogP contribution in [0.5, 0.6) is 0 Å². The molecule has 3 N–H and O–H groups in total. The maximum absolute atomic E-state index is 10.9. The van der Waals surface area contributed by atoms with Crippen molar-refractivity contribution >= 4 is 5.91 Å². The first kappa shape index (κ1) is 10.4. The van der Waals surface area contributed by atoms with Gasteiger partial charge >= 0.3 is 0 Å². The number of nitrogens with two attached hydrogens (primary N) is 1. The highest BCUT2D eigenvalue weighted by Gasteiger charge is 2.05. The van der Waals surface area contributed by atoms with E-state index in [1.807, 2.05) is 0 Å². The molecule has 0 radical (unpaired) electrons. The van der Waals surface area contributed by atoms with E-state index in [0.717, 1.165) is 13.0 Å². The summed E-state index contributed by atoms with van der Waals surface area (Å²) in [6.45, 7) is 6.67. The van der Waals surface area contributed by atoms with Crippen molar-refractivity contribution in [3.8, 4) is 0 Å². The summed E-state index contributed by atoms with van der Waals surface area (Å²) < 4.78 is 0. The van der Waals surface area contributed by atoms with E-state index in [0.29, 0.717) is 5.92 Å². The lowest BCUT2D eigenvalue weighted by atomic mass is 10.1. The van der Waals surface area contributed by atoms with Crippen LogP contribution in [-0.2, 0) is 4.79 Å². The Morgan fingerprint density at radius 3 is 2.36 bits per heavy atom. The standard InChI is InChI=1S/C8H18N2O/c1-6(2)4-5-10-8(11)7(3)9/h6-7H,4-5,9H2,1-3H3,(H,10,11)/t7-/m1/s1. The average Bonchev–Trinajstić information content (AvgIpc) is 1.86. The number of carbonyl (C=O) groups is 1. The summed E-state index contributed by atoms with van der Waals surface area (Å²) in [5, 5.41) is 2.75. The molecule has 0 saturated heterocycles. The topological polar surface area (TPSA) is 55.1 Å². The Morgan fingerprint density at radius 2 is 2.00 bits per heavy atom. The SMILES string of the molecule is CC(C)CCNC(=O)[C@@H](C)N. The highest BCUT2D eigenvalue weighted by atomic mass is 16.2. The third-order valence-electron chi connectivity index (χ3n) is 1.43. The average molecular weight is 158 g/mol. The maximum atomic E-state index is 10.9. The van der Waals surface area contributed by atoms with Gasteiger partial charge in [0, 0.05) is 6.54 Å². The van der Waals surface area contributed by atoms with Crippen LogP contribution in [0.25, 0.3) is 0 Å². The largest absolute Gasteiger partial charge is 0.355 e. The number of rotatable bonds is 4. The summed E-state index contributed by atoms with van der Waals surface area (Å²) in [5.41, 5.74) is 5.34. The molecule has 1 atom stereocenters. The van der Waals surface area contributed by atoms with Gasteiger partial charge in [-0.15, -0.1) is 0 Å². The van der Waals surface area contributed by atoms with Crippen LogP contribution in [-0.4, -0.2) is 18.5 Å². The van der Waals surface area contributed by atoms with Gasteiger partial charge in [0.15, 0.2) is 0 Å². The van der Waals surface area contributed by atoms with Crippen LogP contribution in [0.3, 0.4) is 0 Å². The Balaban J connectivity index is 3.32. The van der Waals surface area contributed by atoms with Crippen molar-refractivity contribution < 1.29 is 4.79 Å². The van der Waals surface area contributed by atoms with Gasteiger partial charge in [0.25, 0.3) is 0 Å². The van der Waals surface area contributed by atoms with Crippen molar-refractivity contribution in [2.24, 2.45) is 11.7 Å². The zero-order valence-electron chi connectivity index (χ0n) is 7.55. The minimum absolute atomic E-state index is 0.0642. The van der Waals surface area contributed by atoms with Crippen LogP contribution in [0.15, 0.2) is 0 Å². The number of hydrogen-bond acceptors (Lipinski definition) is 2. The van der Waals surface area contributed by atoms with Gasteiger partial charge in [0.2, 0.25) is 5.91 Å². The van der Waals surface area contributed by atoms with Gasteiger partial charge in [-0.05, 0) is 19.3 Å². The third-order valence-corrected chi connectivity index (χ3v) is 1.43. The number of nitrogens with one attached hydrogen (secondary N) is 1. The molecule has 66 valence electrons. The highest BCUT2D eigenvalue weighted by Crippen LogP contribution is 1.96. The highest BCUT2D eigenvalue weighted by molar-refractivity contribution is 5.80. The second-order valence-corrected chi connectivity index (χ2v) is 3.26. The Labute approximate surface area is 68.3 Å². The molecule has 0 aliphatic rings. The first-order chi connectivity index (χ1) is 5.04. The number of hydrogen-bond donors (Lipinski definition) is 2. The van der Waals surface area contributed by atoms with Crippen LogP contribution >= 0.6 is 0 Å². The molecule has 0 heterocycles. The van der Waals surface area contributed by atoms with E-state index in [2.05, 4.69) is 19.2 Å². The molecule has 3 heteroatoms. The van der Waals surface area contributed by atoms with Crippen LogP contribution in [0.1, 0.15) is 27.2 Å². The Morgan fingerprint density at radius 1 is 1.45 bits per heavy atom. The fraction of sp³-hybridized carbons (Fsp3) is 0.875. The zero-order valence-corrected chi connectivity index (χ0v) is 7.55. The van der Waals surface area contributed by atoms with Crippen molar-refractivity contribution in [3.63, 3.8) is 0 Å². The quantitative estimate of drug-likeness (QED) is 0.626. The molecule has 0 fully saturated rings. The Kier molecular flexibility index (Phi) is 4.86. The third kappa shape index (κ3) is 5.85. The van der Waals surface area contributed by atoms with E-state index >= 15 is 0 Å². The van der Waals surface area contributed by atoms with Gasteiger partial charge in [-0.2, -0.15) is 0 Å². The van der Waals surface area contributed by atoms with Gasteiger partial charge in [-0.25, -0.2) is 0 Å². The minimum Gasteiger partial charge on any atom is -0.355 e. The minimum atomic E-state index is -0.387. The molecule has 0 aromatic rings. The molecule has 0 rings (SSSR count). The van der Waals surface area contributed by atoms with E-state index in [-0.39, 0.29) is 11.9 Å². The monoisotopic (exact) mass is 158 g/mol. The van der Waals surface area contributed by atoms with E-state index in [4.69, 9.17) is 5.73 Å². The summed E-state index contributed by atoms with van der Waals surface area (Å²) in [6.07, 6.45) is 1.01. The lowest BCUT2D eigenvalue weighted by Crippen LogP contribution is -2.38. The van der Waals surface area contributed by atoms with Gasteiger partial charge in [-0.3, -0.25) is 4.79 Å². The second kappa shape index (κ2) is 5.13. The molecule has 11 heavy (non-hydrogen) atoms. The second-order valence-electron chi connectivity index (χ2n) is 3.26. The maximum Gasteiger partial charge on any atom is 0.236 e. The van der Waals surface area contributed by atoms with Crippen LogP contribution < -0.4 is 11.1 Å². The number of carbonyl (C=O) groups excluding carboxylic acids is 1. The van der Waals surface area contributed by atoms with Crippen LogP contribution in [0, 0.1) is 5.92 Å². The van der Waals surface area contributed by atoms with Crippen LogP contribution in [0.2, 0.25) is 0 Å². The predicted molar refractivity (Wildman–Crippen MR) is 46.1 cm³/mol. The van der Waals surface area contributed by atoms with Gasteiger partial charge < -0.3 is 11.1 Å². The van der Waals surface area contributed by atoms with Crippen molar-refractivity contribution in [1.29, 1.82) is 0 Å². The molecule has 0 aliphatic carbocycles. The summed E-state index contributed by atoms with van der Waals surface area (Å²) in [4.78, 5) is 10.9. The van der Waals surface area contributed by atoms with E-state index in [1.54, 1.807) is 6.92 Å². The molecular weight excluding hydrogens is 140 g/mol. The smallest absolute Gasteiger partial charge is 0.236 e. The molecule has 0 aliphatic heterocycles. The summed E-state index contributed by atoms with van der Waals surface area (Å²) in [5.74, 6) is 0.564. The summed E-state index contributed by atoms with van der Waals surface area (Å²) in [7, 11) is 0. The molecule has 1 amide bonds. The zero-order chi connectivity index (χ0) is 8.85. The van der Waals surface area contributed by atoms with Crippen molar-refractivity contribution in [3.05, 3.63) is 0 Å². The van der Waals surface area contributed by atoms with Gasteiger partial charge in [0.05, 0.1) is 6.04 Å². The fourth-order valence-corrected chi connectivity index (χ4v) is 0.645. The molecular formula is C8H18N2O. The first-order valence-electron chi connectivity index (χ1n) is 4.07. The lowest BCUT2D eigenvalue weighted by Gasteiger charge is -2.08. The normalized spacial score (nSPS) is 13.2. The van der Waals surface area contributed by atoms with Crippen LogP contribution in [0.4, 0.5) is 0 Å². The summed E-state index contributed by atoms with van der Waals surface area (Å²) in [6, 6.07) is -0.387. The Hall–Kier alpha value is -0.570. The lowest BCUT2D eigenvalue weighted by molar-refractivity contribution is -0.122. The number of amides is 1. The first-order valence-corrected chi connectivity index (χ1v) is 4.07. The van der Waals surface area contributed by atoms with Crippen molar-refractivity contribution in [2.75, 3.05) is 6.54 Å². The van der Waals surface area contributed by atoms with E-state index in [1.165, 1.54) is 0 Å². The molecule has 0 bridgehead atoms. The van der Waals surface area contributed by atoms with Gasteiger partial charge in [0.1, 0.15) is 0 Å². The van der Waals surface area contributed by atoms with E-state index < -0.39 is 0 Å². The molecule has 0 saturated carbocycles. The van der Waals surface area contributed by atoms with E-state index in [9.17, 15) is 4.79 Å². The predicted octanol–water partition coefficient (Wildman–Crippen LogP) is 0.496.